The fraction of sp³-hybridized carbons (Fsp3) is 0.512. The van der Waals surface area contributed by atoms with Crippen LogP contribution in [0, 0.1) is 17.2 Å². The molecule has 53 heavy (non-hydrogen) atoms. The number of hydrogen-bond donors (Lipinski definition) is 4. The normalized spacial score (nSPS) is 17.9. The summed E-state index contributed by atoms with van der Waals surface area (Å²) in [7, 11) is 0. The molecule has 2 fully saturated rings. The number of hydrogen-bond acceptors (Lipinski definition) is 8. The first-order chi connectivity index (χ1) is 25.5. The predicted molar refractivity (Wildman–Crippen MR) is 207 cm³/mol. The van der Waals surface area contributed by atoms with Gasteiger partial charge in [0.1, 0.15) is 5.82 Å². The number of carbonyl (C=O) groups excluding carboxylic acids is 2. The van der Waals surface area contributed by atoms with Gasteiger partial charge in [-0.05, 0) is 80.0 Å². The van der Waals surface area contributed by atoms with E-state index in [0.29, 0.717) is 37.8 Å². The molecule has 6 rings (SSSR count). The maximum absolute atomic E-state index is 15.3. The molecule has 0 aliphatic carbocycles. The maximum atomic E-state index is 15.3. The smallest absolute Gasteiger partial charge is 0.224 e. The topological polar surface area (TPSA) is 139 Å². The van der Waals surface area contributed by atoms with Crippen molar-refractivity contribution in [3.63, 3.8) is 0 Å². The highest BCUT2D eigenvalue weighted by atomic mass is 19.1. The number of primary amides is 1. The first-order valence-corrected chi connectivity index (χ1v) is 19.1. The van der Waals surface area contributed by atoms with E-state index in [1.807, 2.05) is 42.9 Å². The highest BCUT2D eigenvalue weighted by Gasteiger charge is 2.41. The lowest BCUT2D eigenvalue weighted by molar-refractivity contribution is -0.138. The van der Waals surface area contributed by atoms with E-state index in [1.54, 1.807) is 26.0 Å². The first kappa shape index (κ1) is 38.3. The van der Waals surface area contributed by atoms with Gasteiger partial charge < -0.3 is 26.4 Å². The second-order valence-corrected chi connectivity index (χ2v) is 15.2. The summed E-state index contributed by atoms with van der Waals surface area (Å²) in [5.74, 6) is -2.02. The predicted octanol–water partition coefficient (Wildman–Crippen LogP) is 5.19. The van der Waals surface area contributed by atoms with Crippen molar-refractivity contribution in [3.8, 4) is 11.1 Å². The molecule has 5 N–H and O–H groups in total. The number of rotatable bonds is 14. The molecule has 0 bridgehead atoms. The SMILES string of the molecule is CCc1nc2c(cnn2CC)c(NC2CCOCC2)c1CC(C(=O)NCc1ccc(F)c(-c2cccc(CN3CCN[C@@H](C)C3)c2)c1)C(C)(C)C(N)=O. The van der Waals surface area contributed by atoms with Crippen LogP contribution in [0.25, 0.3) is 22.2 Å². The van der Waals surface area contributed by atoms with Gasteiger partial charge in [0, 0.05) is 75.8 Å². The van der Waals surface area contributed by atoms with Crippen LogP contribution in [-0.2, 0) is 46.8 Å². The molecule has 2 aromatic heterocycles. The Bertz CT molecular complexity index is 1920. The van der Waals surface area contributed by atoms with Gasteiger partial charge in [-0.3, -0.25) is 14.5 Å². The molecule has 2 atom stereocenters. The van der Waals surface area contributed by atoms with E-state index >= 15 is 4.39 Å². The molecule has 2 aromatic carbocycles. The molecular formula is C41H55FN8O3. The average molecular weight is 727 g/mol. The van der Waals surface area contributed by atoms with Crippen LogP contribution in [0.3, 0.4) is 0 Å². The summed E-state index contributed by atoms with van der Waals surface area (Å²) in [5.41, 5.74) is 11.4. The van der Waals surface area contributed by atoms with E-state index < -0.39 is 17.2 Å². The van der Waals surface area contributed by atoms with Crippen molar-refractivity contribution in [2.45, 2.75) is 92.0 Å². The number of anilines is 1. The molecule has 0 radical (unpaired) electrons. The number of aromatic nitrogens is 3. The van der Waals surface area contributed by atoms with Gasteiger partial charge in [0.25, 0.3) is 0 Å². The molecule has 4 heterocycles. The highest BCUT2D eigenvalue weighted by molar-refractivity contribution is 5.93. The summed E-state index contributed by atoms with van der Waals surface area (Å²) in [6.07, 6.45) is 4.40. The number of ether oxygens (including phenoxy) is 1. The van der Waals surface area contributed by atoms with Gasteiger partial charge in [0.2, 0.25) is 11.8 Å². The fourth-order valence-electron chi connectivity index (χ4n) is 7.65. The molecule has 12 heteroatoms. The number of nitrogens with two attached hydrogens (primary N) is 1. The van der Waals surface area contributed by atoms with E-state index in [1.165, 1.54) is 6.07 Å². The molecule has 284 valence electrons. The number of halogens is 1. The molecule has 1 unspecified atom stereocenters. The molecule has 2 aliphatic heterocycles. The van der Waals surface area contributed by atoms with Crippen LogP contribution in [0.5, 0.6) is 0 Å². The van der Waals surface area contributed by atoms with E-state index in [-0.39, 0.29) is 30.7 Å². The van der Waals surface area contributed by atoms with Crippen molar-refractivity contribution in [3.05, 3.63) is 76.9 Å². The third-order valence-electron chi connectivity index (χ3n) is 11.0. The quantitative estimate of drug-likeness (QED) is 0.139. The number of nitrogens with zero attached hydrogens (tertiary/aromatic N) is 4. The molecular weight excluding hydrogens is 672 g/mol. The minimum atomic E-state index is -1.19. The van der Waals surface area contributed by atoms with E-state index in [9.17, 15) is 9.59 Å². The molecule has 11 nitrogen and oxygen atoms in total. The second kappa shape index (κ2) is 16.7. The summed E-state index contributed by atoms with van der Waals surface area (Å²) < 4.78 is 22.9. The number of carbonyl (C=O) groups is 2. The fourth-order valence-corrected chi connectivity index (χ4v) is 7.65. The van der Waals surface area contributed by atoms with E-state index in [0.717, 1.165) is 83.7 Å². The Morgan fingerprint density at radius 2 is 1.92 bits per heavy atom. The molecule has 2 amide bonds. The van der Waals surface area contributed by atoms with E-state index in [4.69, 9.17) is 15.5 Å². The first-order valence-electron chi connectivity index (χ1n) is 19.1. The van der Waals surface area contributed by atoms with Crippen molar-refractivity contribution in [1.82, 2.24) is 30.3 Å². The molecule has 4 aromatic rings. The second-order valence-electron chi connectivity index (χ2n) is 15.2. The van der Waals surface area contributed by atoms with Crippen molar-refractivity contribution in [1.29, 1.82) is 0 Å². The Morgan fingerprint density at radius 3 is 2.64 bits per heavy atom. The summed E-state index contributed by atoms with van der Waals surface area (Å²) in [4.78, 5) is 34.7. The lowest BCUT2D eigenvalue weighted by Crippen LogP contribution is -2.48. The lowest BCUT2D eigenvalue weighted by Gasteiger charge is -2.32. The Morgan fingerprint density at radius 1 is 1.13 bits per heavy atom. The standard InChI is InChI=1S/C41H55FN8O3/c1-6-36-32(37(47-30-13-17-53-18-14-30)33-23-46-50(7-2)38(33)48-36)21-34(41(4,5)40(43)52)39(51)45-22-27-11-12-35(42)31(20-27)29-10-8-9-28(19-29)25-49-16-15-44-26(3)24-49/h8-12,19-20,23,26,30,34,44H,6-7,13-18,21-22,24-25H2,1-5H3,(H2,43,52)(H,45,51)(H,47,48)/t26-,34?/m0/s1. The minimum absolute atomic E-state index is 0.157. The van der Waals surface area contributed by atoms with Crippen LogP contribution in [0.2, 0.25) is 0 Å². The number of nitrogens with one attached hydrogen (secondary N) is 3. The van der Waals surface area contributed by atoms with Gasteiger partial charge in [0.05, 0.1) is 28.6 Å². The van der Waals surface area contributed by atoms with Crippen molar-refractivity contribution >= 4 is 28.5 Å². The van der Waals surface area contributed by atoms with Gasteiger partial charge in [-0.2, -0.15) is 5.10 Å². The summed E-state index contributed by atoms with van der Waals surface area (Å²) in [6.45, 7) is 15.5. The van der Waals surface area contributed by atoms with Crippen molar-refractivity contribution in [2.75, 3.05) is 38.2 Å². The monoisotopic (exact) mass is 726 g/mol. The zero-order chi connectivity index (χ0) is 37.7. The Balaban J connectivity index is 1.26. The van der Waals surface area contributed by atoms with Crippen LogP contribution in [0.4, 0.5) is 10.1 Å². The zero-order valence-electron chi connectivity index (χ0n) is 31.8. The van der Waals surface area contributed by atoms with Crippen LogP contribution < -0.4 is 21.7 Å². The van der Waals surface area contributed by atoms with Gasteiger partial charge in [0.15, 0.2) is 5.65 Å². The van der Waals surface area contributed by atoms with Gasteiger partial charge in [-0.1, -0.05) is 45.0 Å². The third-order valence-corrected chi connectivity index (χ3v) is 11.0. The van der Waals surface area contributed by atoms with Gasteiger partial charge >= 0.3 is 0 Å². The maximum Gasteiger partial charge on any atom is 0.224 e. The van der Waals surface area contributed by atoms with Gasteiger partial charge in [-0.15, -0.1) is 0 Å². The van der Waals surface area contributed by atoms with Crippen molar-refractivity contribution < 1.29 is 18.7 Å². The number of fused-ring (bicyclic) bond motifs is 1. The lowest BCUT2D eigenvalue weighted by atomic mass is 9.73. The average Bonchev–Trinajstić information content (AvgIpc) is 3.57. The number of pyridine rings is 1. The molecule has 0 saturated carbocycles. The molecule has 0 spiro atoms. The summed E-state index contributed by atoms with van der Waals surface area (Å²) in [6, 6.07) is 13.6. The van der Waals surface area contributed by atoms with Crippen LogP contribution in [0.15, 0.2) is 48.7 Å². The Kier molecular flexibility index (Phi) is 12.1. The third kappa shape index (κ3) is 8.71. The number of benzene rings is 2. The van der Waals surface area contributed by atoms with Crippen LogP contribution in [0.1, 0.15) is 69.8 Å². The molecule has 2 saturated heterocycles. The molecule has 2 aliphatic rings. The van der Waals surface area contributed by atoms with E-state index in [2.05, 4.69) is 38.9 Å². The number of aryl methyl sites for hydroxylation is 2. The number of piperazine rings is 1. The summed E-state index contributed by atoms with van der Waals surface area (Å²) >= 11 is 0. The zero-order valence-corrected chi connectivity index (χ0v) is 31.8. The van der Waals surface area contributed by atoms with Crippen LogP contribution >= 0.6 is 0 Å². The Hall–Kier alpha value is -4.39. The van der Waals surface area contributed by atoms with Gasteiger partial charge in [-0.25, -0.2) is 14.1 Å². The Labute approximate surface area is 312 Å². The van der Waals surface area contributed by atoms with Crippen LogP contribution in [-0.4, -0.2) is 76.4 Å². The minimum Gasteiger partial charge on any atom is -0.381 e. The summed E-state index contributed by atoms with van der Waals surface area (Å²) in [5, 5.41) is 15.8. The highest BCUT2D eigenvalue weighted by Crippen LogP contribution is 2.37. The largest absolute Gasteiger partial charge is 0.381 e. The number of amides is 2. The van der Waals surface area contributed by atoms with Crippen molar-refractivity contribution in [2.24, 2.45) is 17.1 Å².